The monoisotopic (exact) mass is 367 g/mol. The molecule has 0 bridgehead atoms. The molecule has 0 aliphatic rings. The molecule has 2 heterocycles. The van der Waals surface area contributed by atoms with Crippen molar-refractivity contribution in [2.24, 2.45) is 0 Å². The number of rotatable bonds is 4. The number of halogens is 3. The molecule has 6 heteroatoms. The largest absolute Gasteiger partial charge is 0.416 e. The Balaban J connectivity index is 1.80. The topological polar surface area (TPSA) is 30.7 Å². The molecule has 0 N–H and O–H groups in total. The van der Waals surface area contributed by atoms with Crippen molar-refractivity contribution in [1.82, 2.24) is 14.5 Å². The Bertz CT molecular complexity index is 1050. The first-order valence-corrected chi connectivity index (χ1v) is 8.55. The minimum absolute atomic E-state index is 0.318. The van der Waals surface area contributed by atoms with E-state index in [0.717, 1.165) is 24.1 Å². The molecular weight excluding hydrogens is 351 g/mol. The zero-order valence-electron chi connectivity index (χ0n) is 14.3. The summed E-state index contributed by atoms with van der Waals surface area (Å²) in [4.78, 5) is 8.80. The van der Waals surface area contributed by atoms with E-state index in [1.54, 1.807) is 12.3 Å². The molecule has 0 aliphatic carbocycles. The molecule has 0 amide bonds. The van der Waals surface area contributed by atoms with Gasteiger partial charge in [0.15, 0.2) is 5.82 Å². The van der Waals surface area contributed by atoms with E-state index in [1.165, 1.54) is 6.07 Å². The molecule has 0 fully saturated rings. The molecule has 2 aromatic heterocycles. The van der Waals surface area contributed by atoms with Crippen LogP contribution in [0.5, 0.6) is 0 Å². The number of nitrogens with zero attached hydrogens (tertiary/aromatic N) is 3. The number of pyridine rings is 1. The highest BCUT2D eigenvalue weighted by Crippen LogP contribution is 2.32. The molecule has 0 atom stereocenters. The predicted octanol–water partition coefficient (Wildman–Crippen LogP) is 5.36. The Morgan fingerprint density at radius 3 is 2.37 bits per heavy atom. The van der Waals surface area contributed by atoms with Crippen LogP contribution in [0.4, 0.5) is 13.2 Å². The van der Waals surface area contributed by atoms with Gasteiger partial charge in [0.1, 0.15) is 5.69 Å². The first-order chi connectivity index (χ1) is 13.0. The van der Waals surface area contributed by atoms with Crippen molar-refractivity contribution in [3.05, 3.63) is 84.1 Å². The van der Waals surface area contributed by atoms with E-state index in [0.29, 0.717) is 29.1 Å². The highest BCUT2D eigenvalue weighted by atomic mass is 19.4. The van der Waals surface area contributed by atoms with Gasteiger partial charge in [-0.2, -0.15) is 13.2 Å². The number of imidazole rings is 1. The van der Waals surface area contributed by atoms with Crippen LogP contribution in [0.2, 0.25) is 0 Å². The molecule has 3 nitrogen and oxygen atoms in total. The zero-order chi connectivity index (χ0) is 18.9. The number of hydrogen-bond acceptors (Lipinski definition) is 2. The maximum Gasteiger partial charge on any atom is 0.416 e. The first-order valence-electron chi connectivity index (χ1n) is 8.55. The molecule has 0 saturated heterocycles. The summed E-state index contributed by atoms with van der Waals surface area (Å²) in [6.07, 6.45) is -2.00. The lowest BCUT2D eigenvalue weighted by molar-refractivity contribution is -0.137. The van der Waals surface area contributed by atoms with E-state index < -0.39 is 11.7 Å². The third-order valence-electron chi connectivity index (χ3n) is 4.44. The van der Waals surface area contributed by atoms with Crippen LogP contribution in [0.25, 0.3) is 22.6 Å². The molecule has 136 valence electrons. The van der Waals surface area contributed by atoms with Gasteiger partial charge in [-0.05, 0) is 42.3 Å². The zero-order valence-corrected chi connectivity index (χ0v) is 14.3. The van der Waals surface area contributed by atoms with Crippen LogP contribution >= 0.6 is 0 Å². The predicted molar refractivity (Wildman–Crippen MR) is 98.1 cm³/mol. The third kappa shape index (κ3) is 3.56. The number of benzene rings is 2. The number of alkyl halides is 3. The van der Waals surface area contributed by atoms with Crippen LogP contribution in [0, 0.1) is 0 Å². The Morgan fingerprint density at radius 1 is 0.889 bits per heavy atom. The summed E-state index contributed by atoms with van der Waals surface area (Å²) in [6.45, 7) is 0.595. The van der Waals surface area contributed by atoms with Gasteiger partial charge < -0.3 is 4.57 Å². The molecule has 0 saturated carbocycles. The smallest absolute Gasteiger partial charge is 0.322 e. The van der Waals surface area contributed by atoms with Gasteiger partial charge >= 0.3 is 6.18 Å². The standard InChI is InChI=1S/C21H16F3N3/c22-21(23,24)16-9-10-19-18(14-16)26-20(17-8-4-5-12-25-17)27(19)13-11-15-6-2-1-3-7-15/h1-10,12,14H,11,13H2. The van der Waals surface area contributed by atoms with Gasteiger partial charge in [0, 0.05) is 12.7 Å². The summed E-state index contributed by atoms with van der Waals surface area (Å²) in [5.41, 5.74) is 2.07. The highest BCUT2D eigenvalue weighted by Gasteiger charge is 2.31. The van der Waals surface area contributed by atoms with Crippen LogP contribution < -0.4 is 0 Å². The minimum atomic E-state index is -4.40. The van der Waals surface area contributed by atoms with E-state index in [2.05, 4.69) is 9.97 Å². The van der Waals surface area contributed by atoms with Crippen LogP contribution in [0.1, 0.15) is 11.1 Å². The van der Waals surface area contributed by atoms with Crippen molar-refractivity contribution in [3.63, 3.8) is 0 Å². The second kappa shape index (κ2) is 6.87. The fourth-order valence-electron chi connectivity index (χ4n) is 3.11. The minimum Gasteiger partial charge on any atom is -0.322 e. The fourth-order valence-corrected chi connectivity index (χ4v) is 3.11. The molecule has 0 spiro atoms. The van der Waals surface area contributed by atoms with E-state index >= 15 is 0 Å². The summed E-state index contributed by atoms with van der Waals surface area (Å²) in [5, 5.41) is 0. The van der Waals surface area contributed by atoms with Crippen LogP contribution in [-0.4, -0.2) is 14.5 Å². The van der Waals surface area contributed by atoms with Crippen molar-refractivity contribution in [1.29, 1.82) is 0 Å². The molecule has 4 rings (SSSR count). The van der Waals surface area contributed by atoms with Gasteiger partial charge in [-0.3, -0.25) is 4.98 Å². The maximum atomic E-state index is 13.1. The van der Waals surface area contributed by atoms with Gasteiger partial charge in [-0.25, -0.2) is 4.98 Å². The number of hydrogen-bond donors (Lipinski definition) is 0. The van der Waals surface area contributed by atoms with Crippen molar-refractivity contribution < 1.29 is 13.2 Å². The van der Waals surface area contributed by atoms with Crippen molar-refractivity contribution >= 4 is 11.0 Å². The Kier molecular flexibility index (Phi) is 4.39. The Morgan fingerprint density at radius 2 is 1.67 bits per heavy atom. The molecule has 0 aliphatic heterocycles. The summed E-state index contributed by atoms with van der Waals surface area (Å²) in [5.74, 6) is 0.570. The van der Waals surface area contributed by atoms with E-state index in [4.69, 9.17) is 0 Å². The number of aromatic nitrogens is 3. The van der Waals surface area contributed by atoms with Crippen molar-refractivity contribution in [2.45, 2.75) is 19.1 Å². The molecule has 4 aromatic rings. The average molecular weight is 367 g/mol. The molecule has 0 unspecified atom stereocenters. The second-order valence-corrected chi connectivity index (χ2v) is 6.24. The third-order valence-corrected chi connectivity index (χ3v) is 4.44. The summed E-state index contributed by atoms with van der Waals surface area (Å²) in [7, 11) is 0. The van der Waals surface area contributed by atoms with Crippen LogP contribution in [0.3, 0.4) is 0 Å². The van der Waals surface area contributed by atoms with Crippen LogP contribution in [-0.2, 0) is 19.1 Å². The van der Waals surface area contributed by atoms with E-state index in [-0.39, 0.29) is 0 Å². The number of fused-ring (bicyclic) bond motifs is 1. The second-order valence-electron chi connectivity index (χ2n) is 6.24. The quantitative estimate of drug-likeness (QED) is 0.486. The van der Waals surface area contributed by atoms with E-state index in [1.807, 2.05) is 47.0 Å². The molecular formula is C21H16F3N3. The lowest BCUT2D eigenvalue weighted by atomic mass is 10.1. The molecule has 27 heavy (non-hydrogen) atoms. The summed E-state index contributed by atoms with van der Waals surface area (Å²) < 4.78 is 41.1. The van der Waals surface area contributed by atoms with Crippen molar-refractivity contribution in [2.75, 3.05) is 0 Å². The lowest BCUT2D eigenvalue weighted by Gasteiger charge is -2.10. The summed E-state index contributed by atoms with van der Waals surface area (Å²) >= 11 is 0. The molecule has 0 radical (unpaired) electrons. The lowest BCUT2D eigenvalue weighted by Crippen LogP contribution is -2.06. The average Bonchev–Trinajstić information content (AvgIpc) is 3.05. The maximum absolute atomic E-state index is 13.1. The van der Waals surface area contributed by atoms with Gasteiger partial charge in [-0.1, -0.05) is 36.4 Å². The van der Waals surface area contributed by atoms with Gasteiger partial charge in [0.05, 0.1) is 16.6 Å². The SMILES string of the molecule is FC(F)(F)c1ccc2c(c1)nc(-c1ccccn1)n2CCc1ccccc1. The van der Waals surface area contributed by atoms with E-state index in [9.17, 15) is 13.2 Å². The number of aryl methyl sites for hydroxylation is 2. The highest BCUT2D eigenvalue weighted by molar-refractivity contribution is 5.81. The van der Waals surface area contributed by atoms with Gasteiger partial charge in [0.25, 0.3) is 0 Å². The molecule has 2 aromatic carbocycles. The summed E-state index contributed by atoms with van der Waals surface area (Å²) in [6, 6.07) is 19.1. The van der Waals surface area contributed by atoms with Gasteiger partial charge in [-0.15, -0.1) is 0 Å². The Labute approximate surface area is 154 Å². The van der Waals surface area contributed by atoms with Crippen molar-refractivity contribution in [3.8, 4) is 11.5 Å². The first kappa shape index (κ1) is 17.3. The Hall–Kier alpha value is -3.15. The van der Waals surface area contributed by atoms with Gasteiger partial charge in [0.2, 0.25) is 0 Å². The fraction of sp³-hybridized carbons (Fsp3) is 0.143. The van der Waals surface area contributed by atoms with Crippen LogP contribution in [0.15, 0.2) is 72.9 Å². The normalized spacial score (nSPS) is 11.8.